The van der Waals surface area contributed by atoms with E-state index in [1.54, 1.807) is 24.7 Å². The lowest BCUT2D eigenvalue weighted by Gasteiger charge is -2.24. The van der Waals surface area contributed by atoms with Gasteiger partial charge in [-0.15, -0.1) is 11.3 Å². The van der Waals surface area contributed by atoms with Gasteiger partial charge in [0.1, 0.15) is 5.75 Å². The Balaban J connectivity index is 1.67. The molecule has 0 saturated carbocycles. The molecule has 0 aliphatic heterocycles. The van der Waals surface area contributed by atoms with Crippen molar-refractivity contribution in [1.29, 1.82) is 0 Å². The maximum Gasteiger partial charge on any atom is 0.162 e. The molecule has 3 aromatic rings. The second-order valence-electron chi connectivity index (χ2n) is 5.49. The molecule has 2 heterocycles. The van der Waals surface area contributed by atoms with Crippen molar-refractivity contribution in [3.05, 3.63) is 59.3 Å². The first-order valence-corrected chi connectivity index (χ1v) is 8.38. The van der Waals surface area contributed by atoms with Gasteiger partial charge in [0.05, 0.1) is 19.1 Å². The van der Waals surface area contributed by atoms with E-state index in [4.69, 9.17) is 9.15 Å². The topological polar surface area (TPSA) is 38.5 Å². The van der Waals surface area contributed by atoms with Crippen LogP contribution in [0.1, 0.15) is 24.2 Å². The van der Waals surface area contributed by atoms with E-state index in [2.05, 4.69) is 41.4 Å². The van der Waals surface area contributed by atoms with Crippen molar-refractivity contribution in [1.82, 2.24) is 9.88 Å². The first kappa shape index (κ1) is 15.8. The summed E-state index contributed by atoms with van der Waals surface area (Å²) < 4.78 is 10.6. The van der Waals surface area contributed by atoms with Gasteiger partial charge in [0.15, 0.2) is 10.8 Å². The lowest BCUT2D eigenvalue weighted by Crippen LogP contribution is -2.22. The average Bonchev–Trinajstić information content (AvgIpc) is 3.25. The zero-order valence-electron chi connectivity index (χ0n) is 13.5. The third kappa shape index (κ3) is 3.63. The van der Waals surface area contributed by atoms with Crippen LogP contribution in [-0.2, 0) is 6.54 Å². The molecule has 0 amide bonds. The summed E-state index contributed by atoms with van der Waals surface area (Å²) >= 11 is 1.61. The Morgan fingerprint density at radius 3 is 2.70 bits per heavy atom. The Kier molecular flexibility index (Phi) is 4.79. The predicted molar refractivity (Wildman–Crippen MR) is 92.7 cm³/mol. The molecule has 2 aromatic heterocycles. The van der Waals surface area contributed by atoms with Gasteiger partial charge in [-0.05, 0) is 43.8 Å². The normalized spacial score (nSPS) is 12.5. The molecule has 0 fully saturated rings. The Bertz CT molecular complexity index is 735. The summed E-state index contributed by atoms with van der Waals surface area (Å²) in [4.78, 5) is 6.94. The largest absolute Gasteiger partial charge is 0.497 e. The van der Waals surface area contributed by atoms with Gasteiger partial charge in [-0.1, -0.05) is 12.1 Å². The van der Waals surface area contributed by atoms with E-state index in [0.29, 0.717) is 6.04 Å². The van der Waals surface area contributed by atoms with E-state index in [-0.39, 0.29) is 0 Å². The highest BCUT2D eigenvalue weighted by molar-refractivity contribution is 7.13. The van der Waals surface area contributed by atoms with Crippen LogP contribution in [0.4, 0.5) is 0 Å². The molecule has 0 aliphatic rings. The van der Waals surface area contributed by atoms with Crippen LogP contribution < -0.4 is 4.74 Å². The van der Waals surface area contributed by atoms with Crippen LogP contribution in [0.2, 0.25) is 0 Å². The zero-order chi connectivity index (χ0) is 16.2. The first-order chi connectivity index (χ1) is 11.2. The molecule has 0 aliphatic carbocycles. The molecule has 0 radical (unpaired) electrons. The summed E-state index contributed by atoms with van der Waals surface area (Å²) in [5, 5.41) is 3.02. The van der Waals surface area contributed by atoms with Crippen molar-refractivity contribution in [2.24, 2.45) is 0 Å². The Labute approximate surface area is 140 Å². The quantitative estimate of drug-likeness (QED) is 0.662. The number of furan rings is 1. The monoisotopic (exact) mass is 328 g/mol. The number of nitrogens with zero attached hydrogens (tertiary/aromatic N) is 2. The van der Waals surface area contributed by atoms with E-state index in [0.717, 1.165) is 28.8 Å². The molecule has 0 spiro atoms. The summed E-state index contributed by atoms with van der Waals surface area (Å²) in [5.41, 5.74) is 2.32. The van der Waals surface area contributed by atoms with Crippen molar-refractivity contribution in [3.63, 3.8) is 0 Å². The highest BCUT2D eigenvalue weighted by atomic mass is 32.1. The summed E-state index contributed by atoms with van der Waals surface area (Å²) in [6.07, 6.45) is 1.67. The molecule has 1 aromatic carbocycles. The van der Waals surface area contributed by atoms with Crippen LogP contribution in [0.25, 0.3) is 10.8 Å². The van der Waals surface area contributed by atoms with Crippen LogP contribution in [0, 0.1) is 0 Å². The molecule has 4 nitrogen and oxygen atoms in total. The van der Waals surface area contributed by atoms with Crippen molar-refractivity contribution in [2.45, 2.75) is 19.5 Å². The number of aromatic nitrogens is 1. The van der Waals surface area contributed by atoms with Gasteiger partial charge in [0, 0.05) is 18.0 Å². The SMILES string of the molecule is COc1ccc(C(C)N(C)Cc2csc(-c3ccco3)n2)cc1. The molecule has 1 atom stereocenters. The summed E-state index contributed by atoms with van der Waals surface area (Å²) in [6.45, 7) is 2.99. The summed E-state index contributed by atoms with van der Waals surface area (Å²) in [5.74, 6) is 1.71. The maximum absolute atomic E-state index is 5.40. The maximum atomic E-state index is 5.40. The predicted octanol–water partition coefficient (Wildman–Crippen LogP) is 4.60. The first-order valence-electron chi connectivity index (χ1n) is 7.50. The minimum Gasteiger partial charge on any atom is -0.497 e. The summed E-state index contributed by atoms with van der Waals surface area (Å²) in [7, 11) is 3.80. The molecule has 3 rings (SSSR count). The number of hydrogen-bond donors (Lipinski definition) is 0. The van der Waals surface area contributed by atoms with Gasteiger partial charge >= 0.3 is 0 Å². The highest BCUT2D eigenvalue weighted by Crippen LogP contribution is 2.27. The minimum atomic E-state index is 0.301. The number of hydrogen-bond acceptors (Lipinski definition) is 5. The molecule has 23 heavy (non-hydrogen) atoms. The molecular weight excluding hydrogens is 308 g/mol. The Morgan fingerprint density at radius 1 is 1.26 bits per heavy atom. The minimum absolute atomic E-state index is 0.301. The van der Waals surface area contributed by atoms with Crippen LogP contribution in [0.15, 0.2) is 52.5 Å². The fourth-order valence-corrected chi connectivity index (χ4v) is 3.20. The number of rotatable bonds is 6. The van der Waals surface area contributed by atoms with Gasteiger partial charge in [-0.25, -0.2) is 4.98 Å². The zero-order valence-corrected chi connectivity index (χ0v) is 14.3. The van der Waals surface area contributed by atoms with Crippen LogP contribution in [-0.4, -0.2) is 24.0 Å². The molecule has 120 valence electrons. The van der Waals surface area contributed by atoms with Crippen molar-refractivity contribution in [2.75, 3.05) is 14.2 Å². The van der Waals surface area contributed by atoms with E-state index in [9.17, 15) is 0 Å². The van der Waals surface area contributed by atoms with Gasteiger partial charge in [-0.3, -0.25) is 4.90 Å². The van der Waals surface area contributed by atoms with E-state index in [1.165, 1.54) is 5.56 Å². The lowest BCUT2D eigenvalue weighted by molar-refractivity contribution is 0.250. The molecular formula is C18H20N2O2S. The highest BCUT2D eigenvalue weighted by Gasteiger charge is 2.14. The number of benzene rings is 1. The lowest BCUT2D eigenvalue weighted by atomic mass is 10.1. The number of methoxy groups -OCH3 is 1. The third-order valence-corrected chi connectivity index (χ3v) is 4.86. The van der Waals surface area contributed by atoms with Crippen molar-refractivity contribution >= 4 is 11.3 Å². The van der Waals surface area contributed by atoms with E-state index >= 15 is 0 Å². The standard InChI is InChI=1S/C18H20N2O2S/c1-13(14-6-8-16(21-3)9-7-14)20(2)11-15-12-23-18(19-15)17-5-4-10-22-17/h4-10,12-13H,11H2,1-3H3. The molecule has 5 heteroatoms. The third-order valence-electron chi connectivity index (χ3n) is 3.95. The summed E-state index contributed by atoms with van der Waals surface area (Å²) in [6, 6.07) is 12.3. The van der Waals surface area contributed by atoms with Gasteiger partial charge < -0.3 is 9.15 Å². The Morgan fingerprint density at radius 2 is 2.04 bits per heavy atom. The molecule has 0 saturated heterocycles. The van der Waals surface area contributed by atoms with E-state index < -0.39 is 0 Å². The van der Waals surface area contributed by atoms with Crippen molar-refractivity contribution in [3.8, 4) is 16.5 Å². The van der Waals surface area contributed by atoms with Crippen LogP contribution in [0.3, 0.4) is 0 Å². The fourth-order valence-electron chi connectivity index (χ4n) is 2.42. The van der Waals surface area contributed by atoms with Crippen LogP contribution in [0.5, 0.6) is 5.75 Å². The van der Waals surface area contributed by atoms with Gasteiger partial charge in [0.25, 0.3) is 0 Å². The number of ether oxygens (including phenoxy) is 1. The van der Waals surface area contributed by atoms with E-state index in [1.807, 2.05) is 24.3 Å². The van der Waals surface area contributed by atoms with Crippen LogP contribution >= 0.6 is 11.3 Å². The fraction of sp³-hybridized carbons (Fsp3) is 0.278. The van der Waals surface area contributed by atoms with Gasteiger partial charge in [-0.2, -0.15) is 0 Å². The van der Waals surface area contributed by atoms with Gasteiger partial charge in [0.2, 0.25) is 0 Å². The second kappa shape index (κ2) is 6.98. The van der Waals surface area contributed by atoms with Crippen molar-refractivity contribution < 1.29 is 9.15 Å². The molecule has 1 unspecified atom stereocenters. The number of thiazole rings is 1. The smallest absolute Gasteiger partial charge is 0.162 e. The second-order valence-corrected chi connectivity index (χ2v) is 6.34. The molecule has 0 bridgehead atoms. The average molecular weight is 328 g/mol. The Hall–Kier alpha value is -2.11. The molecule has 0 N–H and O–H groups in total.